The van der Waals surface area contributed by atoms with Crippen LogP contribution >= 0.6 is 0 Å². The summed E-state index contributed by atoms with van der Waals surface area (Å²) in [6, 6.07) is 16.2. The number of fused-ring (bicyclic) bond motifs is 1. The number of phenols is 1. The molecule has 0 bridgehead atoms. The lowest BCUT2D eigenvalue weighted by Crippen LogP contribution is -2.47. The van der Waals surface area contributed by atoms with Crippen LogP contribution in [0.25, 0.3) is 22.2 Å². The Labute approximate surface area is 212 Å². The topological polar surface area (TPSA) is 103 Å². The summed E-state index contributed by atoms with van der Waals surface area (Å²) in [6.07, 6.45) is 3.00. The molecule has 7 heteroatoms. The van der Waals surface area contributed by atoms with Crippen molar-refractivity contribution in [3.63, 3.8) is 0 Å². The van der Waals surface area contributed by atoms with E-state index in [1.807, 2.05) is 51.1 Å². The zero-order valence-electron chi connectivity index (χ0n) is 21.2. The van der Waals surface area contributed by atoms with E-state index in [2.05, 4.69) is 5.32 Å². The molecule has 0 atom stereocenters. The number of hydrogen-bond donors (Lipinski definition) is 3. The molecule has 3 N–H and O–H groups in total. The quantitative estimate of drug-likeness (QED) is 0.399. The fourth-order valence-corrected chi connectivity index (χ4v) is 4.99. The first-order chi connectivity index (χ1) is 17.1. The Morgan fingerprint density at radius 2 is 1.64 bits per heavy atom. The number of carbonyl (C=O) groups is 2. The Balaban J connectivity index is 1.41. The van der Waals surface area contributed by atoms with E-state index in [0.29, 0.717) is 36.2 Å². The van der Waals surface area contributed by atoms with Gasteiger partial charge in [-0.1, -0.05) is 18.2 Å². The van der Waals surface area contributed by atoms with Crippen LogP contribution in [0, 0.1) is 11.8 Å². The van der Waals surface area contributed by atoms with E-state index in [4.69, 9.17) is 4.98 Å². The van der Waals surface area contributed by atoms with Crippen LogP contribution in [0.3, 0.4) is 0 Å². The summed E-state index contributed by atoms with van der Waals surface area (Å²) < 4.78 is 0. The highest BCUT2D eigenvalue weighted by Gasteiger charge is 2.31. The number of nitrogens with one attached hydrogen (secondary N) is 1. The molecule has 2 amide bonds. The second-order valence-electron chi connectivity index (χ2n) is 10.8. The van der Waals surface area contributed by atoms with Gasteiger partial charge in [-0.3, -0.25) is 4.79 Å². The van der Waals surface area contributed by atoms with Gasteiger partial charge in [0, 0.05) is 29.6 Å². The van der Waals surface area contributed by atoms with Gasteiger partial charge in [0.1, 0.15) is 5.75 Å². The van der Waals surface area contributed by atoms with Crippen molar-refractivity contribution >= 4 is 22.9 Å². The Morgan fingerprint density at radius 3 is 2.28 bits per heavy atom. The molecule has 0 unspecified atom stereocenters. The van der Waals surface area contributed by atoms with Crippen molar-refractivity contribution in [2.75, 3.05) is 13.1 Å². The highest BCUT2D eigenvalue weighted by atomic mass is 16.4. The first-order valence-corrected chi connectivity index (χ1v) is 12.6. The van der Waals surface area contributed by atoms with Crippen molar-refractivity contribution < 1.29 is 19.8 Å². The summed E-state index contributed by atoms with van der Waals surface area (Å²) in [5.41, 5.74) is 2.43. The molecule has 190 valence electrons. The fourth-order valence-electron chi connectivity index (χ4n) is 4.99. The first-order valence-electron chi connectivity index (χ1n) is 12.6. The molecule has 1 aromatic heterocycles. The number of aromatic hydroxyl groups is 1. The maximum atomic E-state index is 13.3. The fraction of sp³-hybridized carbons (Fsp3) is 0.414. The molecular formula is C29H35N3O4. The molecule has 3 aromatic rings. The number of phenolic OH excluding ortho intramolecular Hbond substituents is 1. The van der Waals surface area contributed by atoms with Crippen LogP contribution in [0.1, 0.15) is 56.8 Å². The molecule has 1 fully saturated rings. The van der Waals surface area contributed by atoms with Crippen LogP contribution in [0.15, 0.2) is 54.6 Å². The molecule has 36 heavy (non-hydrogen) atoms. The van der Waals surface area contributed by atoms with Crippen LogP contribution in [-0.2, 0) is 0 Å². The van der Waals surface area contributed by atoms with Crippen LogP contribution < -0.4 is 5.32 Å². The SMILES string of the molecule is CC(C)(C)N(CC1CCC(CNC(=O)c2cc(-c3ccc(O)cc3)nc3ccccc23)CC1)C(=O)O. The molecule has 1 aliphatic rings. The van der Waals surface area contributed by atoms with E-state index in [-0.39, 0.29) is 11.7 Å². The third-order valence-corrected chi connectivity index (χ3v) is 7.12. The smallest absolute Gasteiger partial charge is 0.407 e. The van der Waals surface area contributed by atoms with Crippen molar-refractivity contribution in [2.45, 2.75) is 52.0 Å². The molecule has 7 nitrogen and oxygen atoms in total. The van der Waals surface area contributed by atoms with Gasteiger partial charge in [-0.2, -0.15) is 0 Å². The van der Waals surface area contributed by atoms with Crippen molar-refractivity contribution in [1.29, 1.82) is 0 Å². The second-order valence-corrected chi connectivity index (χ2v) is 10.8. The Bertz CT molecular complexity index is 1230. The number of carbonyl (C=O) groups excluding carboxylic acids is 1. The molecule has 1 aliphatic carbocycles. The van der Waals surface area contributed by atoms with Gasteiger partial charge in [-0.05, 0) is 94.7 Å². The lowest BCUT2D eigenvalue weighted by atomic mass is 9.81. The standard InChI is InChI=1S/C29H35N3O4/c1-29(2,3)32(28(35)36)18-20-10-8-19(9-11-20)17-30-27(34)24-16-26(21-12-14-22(33)15-13-21)31-25-7-5-4-6-23(24)25/h4-7,12-16,19-20,33H,8-11,17-18H2,1-3H3,(H,30,34)(H,35,36). The van der Waals surface area contributed by atoms with E-state index >= 15 is 0 Å². The lowest BCUT2D eigenvalue weighted by Gasteiger charge is -2.38. The zero-order valence-corrected chi connectivity index (χ0v) is 21.2. The molecule has 4 rings (SSSR count). The van der Waals surface area contributed by atoms with Gasteiger partial charge in [0.15, 0.2) is 0 Å². The van der Waals surface area contributed by atoms with Crippen LogP contribution in [0.2, 0.25) is 0 Å². The third-order valence-electron chi connectivity index (χ3n) is 7.12. The van der Waals surface area contributed by atoms with Crippen LogP contribution in [0.5, 0.6) is 5.75 Å². The molecule has 0 saturated heterocycles. The van der Waals surface area contributed by atoms with Gasteiger partial charge < -0.3 is 20.4 Å². The average molecular weight is 490 g/mol. The van der Waals surface area contributed by atoms with Gasteiger partial charge in [-0.15, -0.1) is 0 Å². The van der Waals surface area contributed by atoms with Crippen molar-refractivity contribution in [3.05, 3.63) is 60.2 Å². The van der Waals surface area contributed by atoms with E-state index in [1.54, 1.807) is 29.2 Å². The molecule has 1 saturated carbocycles. The number of aromatic nitrogens is 1. The Morgan fingerprint density at radius 1 is 1.00 bits per heavy atom. The average Bonchev–Trinajstić information content (AvgIpc) is 2.85. The summed E-state index contributed by atoms with van der Waals surface area (Å²) in [6.45, 7) is 6.94. The number of para-hydroxylation sites is 1. The maximum Gasteiger partial charge on any atom is 0.407 e. The van der Waals surface area contributed by atoms with E-state index in [9.17, 15) is 19.8 Å². The molecule has 1 heterocycles. The number of rotatable bonds is 6. The van der Waals surface area contributed by atoms with Gasteiger partial charge in [0.25, 0.3) is 5.91 Å². The Kier molecular flexibility index (Phi) is 7.48. The van der Waals surface area contributed by atoms with Gasteiger partial charge in [0.05, 0.1) is 16.8 Å². The molecule has 0 spiro atoms. The number of nitrogens with zero attached hydrogens (tertiary/aromatic N) is 2. The summed E-state index contributed by atoms with van der Waals surface area (Å²) in [4.78, 5) is 31.2. The number of hydrogen-bond acceptors (Lipinski definition) is 4. The molecule has 2 aromatic carbocycles. The van der Waals surface area contributed by atoms with Gasteiger partial charge in [0.2, 0.25) is 0 Å². The van der Waals surface area contributed by atoms with Crippen molar-refractivity contribution in [2.24, 2.45) is 11.8 Å². The minimum absolute atomic E-state index is 0.125. The molecule has 0 radical (unpaired) electrons. The van der Waals surface area contributed by atoms with Crippen molar-refractivity contribution in [1.82, 2.24) is 15.2 Å². The summed E-state index contributed by atoms with van der Waals surface area (Å²) in [5, 5.41) is 23.1. The number of amides is 2. The molecule has 0 aliphatic heterocycles. The molecular weight excluding hydrogens is 454 g/mol. The highest BCUT2D eigenvalue weighted by molar-refractivity contribution is 6.07. The normalized spacial score (nSPS) is 18.1. The van der Waals surface area contributed by atoms with Crippen LogP contribution in [0.4, 0.5) is 4.79 Å². The minimum atomic E-state index is -0.867. The minimum Gasteiger partial charge on any atom is -0.508 e. The predicted molar refractivity (Wildman–Crippen MR) is 141 cm³/mol. The predicted octanol–water partition coefficient (Wildman–Crippen LogP) is 5.92. The summed E-state index contributed by atoms with van der Waals surface area (Å²) in [7, 11) is 0. The number of benzene rings is 2. The third kappa shape index (κ3) is 5.96. The lowest BCUT2D eigenvalue weighted by molar-refractivity contribution is 0.0786. The number of carboxylic acid groups (broad SMARTS) is 1. The highest BCUT2D eigenvalue weighted by Crippen LogP contribution is 2.31. The summed E-state index contributed by atoms with van der Waals surface area (Å²) in [5.74, 6) is 0.786. The van der Waals surface area contributed by atoms with E-state index in [1.165, 1.54) is 0 Å². The van der Waals surface area contributed by atoms with Gasteiger partial charge >= 0.3 is 6.09 Å². The van der Waals surface area contributed by atoms with Crippen molar-refractivity contribution in [3.8, 4) is 17.0 Å². The first kappa shape index (κ1) is 25.5. The van der Waals surface area contributed by atoms with E-state index in [0.717, 1.165) is 42.1 Å². The second kappa shape index (κ2) is 10.6. The monoisotopic (exact) mass is 489 g/mol. The van der Waals surface area contributed by atoms with Gasteiger partial charge in [-0.25, -0.2) is 9.78 Å². The van der Waals surface area contributed by atoms with Crippen LogP contribution in [-0.4, -0.2) is 50.7 Å². The maximum absolute atomic E-state index is 13.3. The Hall–Kier alpha value is -3.61. The largest absolute Gasteiger partial charge is 0.508 e. The van der Waals surface area contributed by atoms with E-state index < -0.39 is 11.6 Å². The summed E-state index contributed by atoms with van der Waals surface area (Å²) >= 11 is 0. The number of pyridine rings is 1. The zero-order chi connectivity index (χ0) is 25.9.